The van der Waals surface area contributed by atoms with Crippen LogP contribution in [-0.2, 0) is 21.9 Å². The Balaban J connectivity index is 2.13. The number of hydrogen-bond donors (Lipinski definition) is 1. The Labute approximate surface area is 187 Å². The van der Waals surface area contributed by atoms with E-state index in [4.69, 9.17) is 11.6 Å². The molecule has 2 rings (SSSR count). The smallest absolute Gasteiger partial charge is 0.243 e. The van der Waals surface area contributed by atoms with E-state index in [1.807, 2.05) is 45.0 Å². The molecule has 2 amide bonds. The first-order valence-corrected chi connectivity index (χ1v) is 11.5. The Hall–Kier alpha value is -2.05. The third-order valence-corrected chi connectivity index (χ3v) is 5.86. The SMILES string of the molecule is CC[C@@H](C(=O)NC(C)C)N(Cc1ccc(F)cc1)C(=O)CSCc1ccccc1Cl. The molecule has 2 aromatic carbocycles. The van der Waals surface area contributed by atoms with E-state index in [0.29, 0.717) is 17.2 Å². The third-order valence-electron chi connectivity index (χ3n) is 4.52. The Bertz CT molecular complexity index is 845. The van der Waals surface area contributed by atoms with Gasteiger partial charge in [-0.15, -0.1) is 11.8 Å². The van der Waals surface area contributed by atoms with Crippen LogP contribution in [0, 0.1) is 5.82 Å². The van der Waals surface area contributed by atoms with E-state index >= 15 is 0 Å². The topological polar surface area (TPSA) is 49.4 Å². The van der Waals surface area contributed by atoms with E-state index in [2.05, 4.69) is 5.32 Å². The predicted molar refractivity (Wildman–Crippen MR) is 122 cm³/mol. The summed E-state index contributed by atoms with van der Waals surface area (Å²) in [7, 11) is 0. The first kappa shape index (κ1) is 24.2. The van der Waals surface area contributed by atoms with Gasteiger partial charge in [0.15, 0.2) is 0 Å². The number of carbonyl (C=O) groups is 2. The first-order valence-electron chi connectivity index (χ1n) is 9.97. The normalized spacial score (nSPS) is 11.9. The van der Waals surface area contributed by atoms with Crippen molar-refractivity contribution in [3.8, 4) is 0 Å². The summed E-state index contributed by atoms with van der Waals surface area (Å²) in [5.41, 5.74) is 1.74. The lowest BCUT2D eigenvalue weighted by molar-refractivity contribution is -0.139. The number of halogens is 2. The van der Waals surface area contributed by atoms with Gasteiger partial charge in [0.2, 0.25) is 11.8 Å². The predicted octanol–water partition coefficient (Wildman–Crippen LogP) is 5.04. The lowest BCUT2D eigenvalue weighted by atomic mass is 10.1. The summed E-state index contributed by atoms with van der Waals surface area (Å²) in [6.45, 7) is 5.90. The van der Waals surface area contributed by atoms with Crippen molar-refractivity contribution in [1.29, 1.82) is 0 Å². The molecule has 1 atom stereocenters. The number of thioether (sulfide) groups is 1. The zero-order valence-electron chi connectivity index (χ0n) is 17.5. The molecule has 0 bridgehead atoms. The molecule has 2 aromatic rings. The van der Waals surface area contributed by atoms with Crippen LogP contribution in [0.5, 0.6) is 0 Å². The van der Waals surface area contributed by atoms with E-state index in [1.54, 1.807) is 17.0 Å². The lowest BCUT2D eigenvalue weighted by Crippen LogP contribution is -2.50. The fourth-order valence-corrected chi connectivity index (χ4v) is 4.23. The molecule has 1 N–H and O–H groups in total. The van der Waals surface area contributed by atoms with E-state index in [9.17, 15) is 14.0 Å². The van der Waals surface area contributed by atoms with Crippen molar-refractivity contribution in [1.82, 2.24) is 10.2 Å². The van der Waals surface area contributed by atoms with Gasteiger partial charge in [0.25, 0.3) is 0 Å². The molecule has 0 spiro atoms. The highest BCUT2D eigenvalue weighted by molar-refractivity contribution is 7.99. The van der Waals surface area contributed by atoms with E-state index in [0.717, 1.165) is 11.1 Å². The molecule has 0 saturated heterocycles. The Kier molecular flexibility index (Phi) is 9.66. The average Bonchev–Trinajstić information content (AvgIpc) is 2.70. The summed E-state index contributed by atoms with van der Waals surface area (Å²) < 4.78 is 13.3. The number of nitrogens with one attached hydrogen (secondary N) is 1. The highest BCUT2D eigenvalue weighted by atomic mass is 35.5. The molecule has 0 radical (unpaired) electrons. The monoisotopic (exact) mass is 450 g/mol. The minimum Gasteiger partial charge on any atom is -0.352 e. The zero-order chi connectivity index (χ0) is 22.1. The number of carbonyl (C=O) groups excluding carboxylic acids is 2. The van der Waals surface area contributed by atoms with Crippen molar-refractivity contribution in [2.24, 2.45) is 0 Å². The zero-order valence-corrected chi connectivity index (χ0v) is 19.1. The van der Waals surface area contributed by atoms with Gasteiger partial charge in [0, 0.05) is 23.4 Å². The fourth-order valence-electron chi connectivity index (χ4n) is 3.03. The molecule has 7 heteroatoms. The second kappa shape index (κ2) is 12.0. The maximum atomic E-state index is 13.3. The molecular formula is C23H28ClFN2O2S. The molecule has 0 aromatic heterocycles. The van der Waals surface area contributed by atoms with Crippen molar-refractivity contribution in [3.63, 3.8) is 0 Å². The largest absolute Gasteiger partial charge is 0.352 e. The minimum absolute atomic E-state index is 0.0241. The first-order chi connectivity index (χ1) is 14.3. The third kappa shape index (κ3) is 7.33. The second-order valence-corrected chi connectivity index (χ2v) is 8.71. The molecule has 30 heavy (non-hydrogen) atoms. The minimum atomic E-state index is -0.592. The Morgan fingerprint density at radius 1 is 1.13 bits per heavy atom. The van der Waals surface area contributed by atoms with Crippen LogP contribution in [0.2, 0.25) is 5.02 Å². The van der Waals surface area contributed by atoms with Crippen molar-refractivity contribution in [2.75, 3.05) is 5.75 Å². The second-order valence-electron chi connectivity index (χ2n) is 7.32. The van der Waals surface area contributed by atoms with Crippen molar-refractivity contribution >= 4 is 35.2 Å². The number of nitrogens with zero attached hydrogens (tertiary/aromatic N) is 1. The molecule has 0 unspecified atom stereocenters. The maximum absolute atomic E-state index is 13.3. The number of hydrogen-bond acceptors (Lipinski definition) is 3. The van der Waals surface area contributed by atoms with Gasteiger partial charge < -0.3 is 10.2 Å². The van der Waals surface area contributed by atoms with Crippen LogP contribution in [0.4, 0.5) is 4.39 Å². The van der Waals surface area contributed by atoms with Crippen LogP contribution in [0.3, 0.4) is 0 Å². The molecular weight excluding hydrogens is 423 g/mol. The fraction of sp³-hybridized carbons (Fsp3) is 0.391. The van der Waals surface area contributed by atoms with E-state index < -0.39 is 6.04 Å². The van der Waals surface area contributed by atoms with Gasteiger partial charge in [-0.25, -0.2) is 4.39 Å². The Morgan fingerprint density at radius 3 is 2.40 bits per heavy atom. The van der Waals surface area contributed by atoms with Crippen molar-refractivity contribution in [3.05, 3.63) is 70.5 Å². The van der Waals surface area contributed by atoms with Gasteiger partial charge in [-0.2, -0.15) is 0 Å². The van der Waals surface area contributed by atoms with E-state index in [1.165, 1.54) is 23.9 Å². The van der Waals surface area contributed by atoms with Crippen LogP contribution in [0.15, 0.2) is 48.5 Å². The van der Waals surface area contributed by atoms with Crippen LogP contribution in [0.1, 0.15) is 38.3 Å². The standard InChI is InChI=1S/C23H28ClFN2O2S/c1-4-21(23(29)26-16(2)3)27(13-17-9-11-19(25)12-10-17)22(28)15-30-14-18-7-5-6-8-20(18)24/h5-12,16,21H,4,13-15H2,1-3H3,(H,26,29)/t21-/m0/s1. The summed E-state index contributed by atoms with van der Waals surface area (Å²) in [6.07, 6.45) is 0.487. The summed E-state index contributed by atoms with van der Waals surface area (Å²) in [6, 6.07) is 12.9. The van der Waals surface area contributed by atoms with Crippen LogP contribution in [0.25, 0.3) is 0 Å². The van der Waals surface area contributed by atoms with Gasteiger partial charge in [0.1, 0.15) is 11.9 Å². The summed E-state index contributed by atoms with van der Waals surface area (Å²) in [4.78, 5) is 27.4. The van der Waals surface area contributed by atoms with Gasteiger partial charge in [0.05, 0.1) is 5.75 Å². The van der Waals surface area contributed by atoms with Gasteiger partial charge in [-0.3, -0.25) is 9.59 Å². The molecule has 0 heterocycles. The van der Waals surface area contributed by atoms with Crippen LogP contribution < -0.4 is 5.32 Å². The molecule has 4 nitrogen and oxygen atoms in total. The highest BCUT2D eigenvalue weighted by Gasteiger charge is 2.28. The number of rotatable bonds is 10. The quantitative estimate of drug-likeness (QED) is 0.551. The summed E-state index contributed by atoms with van der Waals surface area (Å²) >= 11 is 7.65. The molecule has 0 aliphatic rings. The van der Waals surface area contributed by atoms with Crippen molar-refractivity contribution < 1.29 is 14.0 Å². The van der Waals surface area contributed by atoms with E-state index in [-0.39, 0.29) is 36.0 Å². The molecule has 0 fully saturated rings. The molecule has 0 aliphatic heterocycles. The van der Waals surface area contributed by atoms with Gasteiger partial charge in [-0.1, -0.05) is 48.9 Å². The average molecular weight is 451 g/mol. The van der Waals surface area contributed by atoms with Crippen molar-refractivity contribution in [2.45, 2.75) is 51.6 Å². The number of benzene rings is 2. The molecule has 0 saturated carbocycles. The molecule has 0 aliphatic carbocycles. The maximum Gasteiger partial charge on any atom is 0.243 e. The number of amides is 2. The van der Waals surface area contributed by atoms with Gasteiger partial charge >= 0.3 is 0 Å². The lowest BCUT2D eigenvalue weighted by Gasteiger charge is -2.31. The highest BCUT2D eigenvalue weighted by Crippen LogP contribution is 2.22. The summed E-state index contributed by atoms with van der Waals surface area (Å²) in [5.74, 6) is 0.167. The van der Waals surface area contributed by atoms with Crippen LogP contribution >= 0.6 is 23.4 Å². The van der Waals surface area contributed by atoms with Crippen LogP contribution in [-0.4, -0.2) is 34.6 Å². The Morgan fingerprint density at radius 2 is 1.80 bits per heavy atom. The summed E-state index contributed by atoms with van der Waals surface area (Å²) in [5, 5.41) is 3.57. The molecule has 162 valence electrons. The van der Waals surface area contributed by atoms with Gasteiger partial charge in [-0.05, 0) is 49.6 Å².